The molecule has 6 nitrogen and oxygen atoms in total. The topological polar surface area (TPSA) is 88.0 Å². The van der Waals surface area contributed by atoms with Crippen LogP contribution in [0.2, 0.25) is 0 Å². The summed E-state index contributed by atoms with van der Waals surface area (Å²) in [5.41, 5.74) is 3.46. The first-order chi connectivity index (χ1) is 12.7. The van der Waals surface area contributed by atoms with Crippen LogP contribution < -0.4 is 5.32 Å². The van der Waals surface area contributed by atoms with Crippen LogP contribution in [0.15, 0.2) is 22.6 Å². The standard InChI is InChI=1S/C21H23N3O3/c1-11-13(19-16(25)9-21(3,4)10-17(19)27-11)8-18(26)24-15-7-5-6-14-20(15)23-12(2)22-14/h5-7H,8-10H2,1-4H3,(H,22,23)(H,24,26). The number of carbonyl (C=O) groups excluding carboxylic acids is 2. The Morgan fingerprint density at radius 1 is 1.30 bits per heavy atom. The molecule has 2 heterocycles. The zero-order valence-corrected chi connectivity index (χ0v) is 16.0. The number of amides is 1. The number of H-pyrrole nitrogens is 1. The van der Waals surface area contributed by atoms with E-state index in [4.69, 9.17) is 4.42 Å². The summed E-state index contributed by atoms with van der Waals surface area (Å²) in [6.45, 7) is 7.81. The lowest BCUT2D eigenvalue weighted by atomic mass is 9.75. The SMILES string of the molecule is Cc1nc2c(NC(=O)Cc3c(C)oc4c3C(=O)CC(C)(C)C4)cccc2[nH]1. The zero-order valence-electron chi connectivity index (χ0n) is 16.0. The second-order valence-electron chi connectivity index (χ2n) is 8.12. The fraction of sp³-hybridized carbons (Fsp3) is 0.381. The predicted molar refractivity (Wildman–Crippen MR) is 103 cm³/mol. The van der Waals surface area contributed by atoms with Crippen LogP contribution in [0.3, 0.4) is 0 Å². The molecule has 0 saturated heterocycles. The summed E-state index contributed by atoms with van der Waals surface area (Å²) in [5, 5.41) is 2.93. The number of hydrogen-bond acceptors (Lipinski definition) is 4. The monoisotopic (exact) mass is 365 g/mol. The number of hydrogen-bond donors (Lipinski definition) is 2. The zero-order chi connectivity index (χ0) is 19.3. The summed E-state index contributed by atoms with van der Waals surface area (Å²) in [6.07, 6.45) is 1.29. The summed E-state index contributed by atoms with van der Waals surface area (Å²) >= 11 is 0. The van der Waals surface area contributed by atoms with Gasteiger partial charge in [0.05, 0.1) is 23.2 Å². The molecule has 0 fully saturated rings. The average molecular weight is 365 g/mol. The number of imidazole rings is 1. The number of aromatic amines is 1. The molecule has 2 aromatic heterocycles. The van der Waals surface area contributed by atoms with Gasteiger partial charge in [-0.15, -0.1) is 0 Å². The van der Waals surface area contributed by atoms with E-state index in [0.717, 1.165) is 16.9 Å². The van der Waals surface area contributed by atoms with Gasteiger partial charge in [0.25, 0.3) is 0 Å². The van der Waals surface area contributed by atoms with Crippen LogP contribution in [0, 0.1) is 19.3 Å². The van der Waals surface area contributed by atoms with Crippen molar-refractivity contribution in [3.63, 3.8) is 0 Å². The average Bonchev–Trinajstić information content (AvgIpc) is 3.06. The van der Waals surface area contributed by atoms with Gasteiger partial charge in [-0.05, 0) is 31.4 Å². The number of furan rings is 1. The van der Waals surface area contributed by atoms with Crippen molar-refractivity contribution < 1.29 is 14.0 Å². The second-order valence-corrected chi connectivity index (χ2v) is 8.12. The molecule has 0 unspecified atom stereocenters. The molecule has 4 rings (SSSR count). The van der Waals surface area contributed by atoms with Gasteiger partial charge < -0.3 is 14.7 Å². The van der Waals surface area contributed by atoms with Crippen molar-refractivity contribution in [3.05, 3.63) is 46.7 Å². The molecule has 140 valence electrons. The lowest BCUT2D eigenvalue weighted by Crippen LogP contribution is -2.27. The highest BCUT2D eigenvalue weighted by Gasteiger charge is 2.36. The van der Waals surface area contributed by atoms with Gasteiger partial charge in [-0.3, -0.25) is 9.59 Å². The third-order valence-corrected chi connectivity index (χ3v) is 5.08. The molecule has 0 atom stereocenters. The van der Waals surface area contributed by atoms with Crippen LogP contribution in [0.4, 0.5) is 5.69 Å². The highest BCUT2D eigenvalue weighted by atomic mass is 16.3. The summed E-state index contributed by atoms with van der Waals surface area (Å²) in [5.74, 6) is 2.02. The number of ketones is 1. The Bertz CT molecular complexity index is 1070. The largest absolute Gasteiger partial charge is 0.465 e. The second kappa shape index (κ2) is 6.08. The van der Waals surface area contributed by atoms with Gasteiger partial charge in [0.2, 0.25) is 5.91 Å². The highest BCUT2D eigenvalue weighted by molar-refractivity contribution is 6.04. The van der Waals surface area contributed by atoms with Crippen molar-refractivity contribution in [2.75, 3.05) is 5.32 Å². The van der Waals surface area contributed by atoms with Crippen LogP contribution in [0.5, 0.6) is 0 Å². The first-order valence-electron chi connectivity index (χ1n) is 9.13. The van der Waals surface area contributed by atoms with Gasteiger partial charge in [-0.2, -0.15) is 0 Å². The Kier molecular flexibility index (Phi) is 3.94. The lowest BCUT2D eigenvalue weighted by Gasteiger charge is -2.27. The van der Waals surface area contributed by atoms with E-state index in [1.165, 1.54) is 0 Å². The van der Waals surface area contributed by atoms with Gasteiger partial charge in [0.15, 0.2) is 5.78 Å². The van der Waals surface area contributed by atoms with Crippen LogP contribution in [-0.4, -0.2) is 21.7 Å². The number of benzene rings is 1. The maximum absolute atomic E-state index is 12.7. The maximum atomic E-state index is 12.7. The Labute approximate surface area is 157 Å². The molecular weight excluding hydrogens is 342 g/mol. The van der Waals surface area contributed by atoms with Gasteiger partial charge >= 0.3 is 0 Å². The van der Waals surface area contributed by atoms with E-state index in [2.05, 4.69) is 29.1 Å². The minimum atomic E-state index is -0.188. The van der Waals surface area contributed by atoms with Gasteiger partial charge in [-0.25, -0.2) is 4.98 Å². The molecule has 1 aliphatic carbocycles. The smallest absolute Gasteiger partial charge is 0.229 e. The van der Waals surface area contributed by atoms with Crippen LogP contribution in [-0.2, 0) is 17.6 Å². The maximum Gasteiger partial charge on any atom is 0.229 e. The molecular formula is C21H23N3O3. The molecule has 0 aliphatic heterocycles. The number of para-hydroxylation sites is 1. The Hall–Kier alpha value is -2.89. The Balaban J connectivity index is 1.61. The van der Waals surface area contributed by atoms with Crippen LogP contribution >= 0.6 is 0 Å². The number of aryl methyl sites for hydroxylation is 2. The normalized spacial score (nSPS) is 15.8. The molecule has 27 heavy (non-hydrogen) atoms. The predicted octanol–water partition coefficient (Wildman–Crippen LogP) is 4.11. The van der Waals surface area contributed by atoms with Gasteiger partial charge in [0.1, 0.15) is 22.9 Å². The number of anilines is 1. The van der Waals surface area contributed by atoms with Crippen molar-refractivity contribution in [3.8, 4) is 0 Å². The molecule has 0 bridgehead atoms. The van der Waals surface area contributed by atoms with E-state index in [-0.39, 0.29) is 23.5 Å². The fourth-order valence-corrected chi connectivity index (χ4v) is 3.93. The molecule has 1 aromatic carbocycles. The molecule has 6 heteroatoms. The van der Waals surface area contributed by atoms with Gasteiger partial charge in [-0.1, -0.05) is 19.9 Å². The number of aromatic nitrogens is 2. The molecule has 0 radical (unpaired) electrons. The van der Waals surface area contributed by atoms with E-state index in [1.54, 1.807) is 0 Å². The number of nitrogens with zero attached hydrogens (tertiary/aromatic N) is 1. The Morgan fingerprint density at radius 2 is 2.07 bits per heavy atom. The minimum Gasteiger partial charge on any atom is -0.465 e. The molecule has 1 amide bonds. The first-order valence-corrected chi connectivity index (χ1v) is 9.13. The molecule has 2 N–H and O–H groups in total. The van der Waals surface area contributed by atoms with E-state index in [1.807, 2.05) is 32.0 Å². The highest BCUT2D eigenvalue weighted by Crippen LogP contribution is 2.38. The number of rotatable bonds is 3. The number of Topliss-reactive ketones (excluding diaryl/α,β-unsaturated/α-hetero) is 1. The number of fused-ring (bicyclic) bond motifs is 2. The number of nitrogens with one attached hydrogen (secondary N) is 2. The van der Waals surface area contributed by atoms with E-state index in [9.17, 15) is 9.59 Å². The summed E-state index contributed by atoms with van der Waals surface area (Å²) in [7, 11) is 0. The molecule has 3 aromatic rings. The van der Waals surface area contributed by atoms with Crippen LogP contribution in [0.25, 0.3) is 11.0 Å². The van der Waals surface area contributed by atoms with Gasteiger partial charge in [0, 0.05) is 18.4 Å². The summed E-state index contributed by atoms with van der Waals surface area (Å²) < 4.78 is 5.85. The molecule has 1 aliphatic rings. The van der Waals surface area contributed by atoms with Crippen molar-refractivity contribution in [2.45, 2.75) is 47.0 Å². The fourth-order valence-electron chi connectivity index (χ4n) is 3.93. The first kappa shape index (κ1) is 17.5. The summed E-state index contributed by atoms with van der Waals surface area (Å²) in [4.78, 5) is 32.9. The summed E-state index contributed by atoms with van der Waals surface area (Å²) in [6, 6.07) is 5.61. The van der Waals surface area contributed by atoms with Crippen molar-refractivity contribution in [2.24, 2.45) is 5.41 Å². The Morgan fingerprint density at radius 3 is 2.85 bits per heavy atom. The van der Waals surface area contributed by atoms with E-state index >= 15 is 0 Å². The quantitative estimate of drug-likeness (QED) is 0.731. The number of carbonyl (C=O) groups is 2. The van der Waals surface area contributed by atoms with Crippen molar-refractivity contribution in [1.82, 2.24) is 9.97 Å². The molecule has 0 spiro atoms. The van der Waals surface area contributed by atoms with Crippen molar-refractivity contribution in [1.29, 1.82) is 0 Å². The third kappa shape index (κ3) is 3.16. The van der Waals surface area contributed by atoms with Crippen molar-refractivity contribution >= 4 is 28.4 Å². The van der Waals surface area contributed by atoms with E-state index < -0.39 is 0 Å². The van der Waals surface area contributed by atoms with E-state index in [0.29, 0.717) is 41.2 Å². The van der Waals surface area contributed by atoms with Crippen LogP contribution in [0.1, 0.15) is 53.5 Å². The minimum absolute atomic E-state index is 0.0610. The third-order valence-electron chi connectivity index (χ3n) is 5.08. The lowest BCUT2D eigenvalue weighted by molar-refractivity contribution is -0.115. The molecule has 0 saturated carbocycles.